The van der Waals surface area contributed by atoms with Crippen LogP contribution in [0.3, 0.4) is 0 Å². The average Bonchev–Trinajstić information content (AvgIpc) is 2.27. The topological polar surface area (TPSA) is 35.5 Å². The van der Waals surface area contributed by atoms with Crippen molar-refractivity contribution in [3.8, 4) is 11.5 Å². The van der Waals surface area contributed by atoms with Crippen molar-refractivity contribution in [3.63, 3.8) is 0 Å². The van der Waals surface area contributed by atoms with Crippen molar-refractivity contribution in [1.29, 1.82) is 0 Å². The predicted octanol–water partition coefficient (Wildman–Crippen LogP) is 2.54. The summed E-state index contributed by atoms with van der Waals surface area (Å²) >= 11 is 0. The van der Waals surface area contributed by atoms with Crippen molar-refractivity contribution in [1.82, 2.24) is 0 Å². The van der Waals surface area contributed by atoms with Crippen molar-refractivity contribution in [2.75, 3.05) is 13.2 Å². The summed E-state index contributed by atoms with van der Waals surface area (Å²) in [5, 5.41) is 0. The third-order valence-corrected chi connectivity index (χ3v) is 2.73. The van der Waals surface area contributed by atoms with Crippen molar-refractivity contribution < 1.29 is 14.3 Å². The van der Waals surface area contributed by atoms with Crippen molar-refractivity contribution in [3.05, 3.63) is 23.8 Å². The molecule has 3 nitrogen and oxygen atoms in total. The Bertz CT molecular complexity index is 398. The summed E-state index contributed by atoms with van der Waals surface area (Å²) in [5.41, 5.74) is 1.12. The van der Waals surface area contributed by atoms with Gasteiger partial charge in [-0.25, -0.2) is 0 Å². The highest BCUT2D eigenvalue weighted by Crippen LogP contribution is 2.33. The number of benzene rings is 1. The van der Waals surface area contributed by atoms with Gasteiger partial charge in [-0.15, -0.1) is 0 Å². The zero-order chi connectivity index (χ0) is 11.5. The van der Waals surface area contributed by atoms with E-state index in [1.165, 1.54) is 0 Å². The molecule has 0 aromatic heterocycles. The lowest BCUT2D eigenvalue weighted by Gasteiger charge is -2.20. The number of carbonyl (C=O) groups excluding carboxylic acids is 1. The van der Waals surface area contributed by atoms with Crippen LogP contribution in [-0.4, -0.2) is 19.0 Å². The fourth-order valence-electron chi connectivity index (χ4n) is 1.92. The molecule has 86 valence electrons. The fraction of sp³-hybridized carbons (Fsp3) is 0.462. The van der Waals surface area contributed by atoms with E-state index in [-0.39, 0.29) is 11.7 Å². The largest absolute Gasteiger partial charge is 0.486 e. The van der Waals surface area contributed by atoms with Crippen LogP contribution in [0, 0.1) is 0 Å². The molecule has 1 aliphatic heterocycles. The monoisotopic (exact) mass is 220 g/mol. The Morgan fingerprint density at radius 3 is 2.69 bits per heavy atom. The molecule has 0 bridgehead atoms. The zero-order valence-electron chi connectivity index (χ0n) is 9.66. The molecule has 2 rings (SSSR count). The normalized spacial score (nSPS) is 15.6. The third kappa shape index (κ3) is 2.35. The molecule has 1 aromatic rings. The number of rotatable bonds is 3. The second-order valence-corrected chi connectivity index (χ2v) is 4.21. The molecule has 0 saturated carbocycles. The lowest BCUT2D eigenvalue weighted by atomic mass is 9.96. The maximum absolute atomic E-state index is 11.1. The number of fused-ring (bicyclic) bond motifs is 1. The van der Waals surface area contributed by atoms with Gasteiger partial charge < -0.3 is 14.3 Å². The van der Waals surface area contributed by atoms with Gasteiger partial charge in [-0.1, -0.05) is 13.0 Å². The van der Waals surface area contributed by atoms with Crippen LogP contribution in [0.15, 0.2) is 18.2 Å². The van der Waals surface area contributed by atoms with Gasteiger partial charge in [0.15, 0.2) is 11.5 Å². The Kier molecular flexibility index (Phi) is 3.13. The summed E-state index contributed by atoms with van der Waals surface area (Å²) in [5.74, 6) is 2.03. The summed E-state index contributed by atoms with van der Waals surface area (Å²) in [4.78, 5) is 11.1. The second kappa shape index (κ2) is 4.56. The Hall–Kier alpha value is -1.51. The molecular weight excluding hydrogens is 204 g/mol. The van der Waals surface area contributed by atoms with E-state index in [1.807, 2.05) is 25.1 Å². The van der Waals surface area contributed by atoms with Gasteiger partial charge in [0.2, 0.25) is 0 Å². The first-order chi connectivity index (χ1) is 7.66. The van der Waals surface area contributed by atoms with E-state index in [0.717, 1.165) is 17.1 Å². The van der Waals surface area contributed by atoms with Crippen molar-refractivity contribution in [2.24, 2.45) is 0 Å². The van der Waals surface area contributed by atoms with E-state index in [2.05, 4.69) is 0 Å². The lowest BCUT2D eigenvalue weighted by Crippen LogP contribution is -2.15. The first-order valence-electron chi connectivity index (χ1n) is 5.56. The van der Waals surface area contributed by atoms with E-state index in [1.54, 1.807) is 6.92 Å². The summed E-state index contributed by atoms with van der Waals surface area (Å²) in [6.45, 7) is 4.87. The van der Waals surface area contributed by atoms with Crippen LogP contribution in [0.5, 0.6) is 11.5 Å². The summed E-state index contributed by atoms with van der Waals surface area (Å²) in [7, 11) is 0. The van der Waals surface area contributed by atoms with E-state index in [9.17, 15) is 4.79 Å². The highest BCUT2D eigenvalue weighted by molar-refractivity contribution is 5.76. The summed E-state index contributed by atoms with van der Waals surface area (Å²) < 4.78 is 11.0. The maximum Gasteiger partial charge on any atom is 0.161 e. The number of ketones is 1. The molecule has 1 heterocycles. The SMILES string of the molecule is CC(=O)CC(C)c1ccc2c(c1)OCCO2. The van der Waals surface area contributed by atoms with Gasteiger partial charge in [-0.05, 0) is 30.5 Å². The molecule has 3 heteroatoms. The Morgan fingerprint density at radius 1 is 1.31 bits per heavy atom. The number of hydrogen-bond donors (Lipinski definition) is 0. The van der Waals surface area contributed by atoms with Crippen LogP contribution in [0.4, 0.5) is 0 Å². The Balaban J connectivity index is 2.19. The minimum Gasteiger partial charge on any atom is -0.486 e. The number of carbonyl (C=O) groups is 1. The molecule has 1 aromatic carbocycles. The Labute approximate surface area is 95.4 Å². The van der Waals surface area contributed by atoms with Crippen LogP contribution >= 0.6 is 0 Å². The molecule has 1 unspecified atom stereocenters. The molecule has 0 N–H and O–H groups in total. The quantitative estimate of drug-likeness (QED) is 0.785. The highest BCUT2D eigenvalue weighted by Gasteiger charge is 2.15. The van der Waals surface area contributed by atoms with Gasteiger partial charge in [-0.2, -0.15) is 0 Å². The number of Topliss-reactive ketones (excluding diaryl/α,β-unsaturated/α-hetero) is 1. The molecule has 0 spiro atoms. The van der Waals surface area contributed by atoms with Crippen LogP contribution in [0.1, 0.15) is 31.7 Å². The van der Waals surface area contributed by atoms with Gasteiger partial charge >= 0.3 is 0 Å². The highest BCUT2D eigenvalue weighted by atomic mass is 16.6. The molecule has 0 fully saturated rings. The summed E-state index contributed by atoms with van der Waals surface area (Å²) in [6, 6.07) is 5.89. The molecular formula is C13H16O3. The molecule has 1 aliphatic rings. The van der Waals surface area contributed by atoms with Crippen molar-refractivity contribution >= 4 is 5.78 Å². The van der Waals surface area contributed by atoms with Crippen LogP contribution < -0.4 is 9.47 Å². The molecule has 0 aliphatic carbocycles. The fourth-order valence-corrected chi connectivity index (χ4v) is 1.92. The van der Waals surface area contributed by atoms with Crippen LogP contribution in [0.2, 0.25) is 0 Å². The van der Waals surface area contributed by atoms with E-state index < -0.39 is 0 Å². The minimum atomic E-state index is 0.211. The van der Waals surface area contributed by atoms with Gasteiger partial charge in [0.25, 0.3) is 0 Å². The standard InChI is InChI=1S/C13H16O3/c1-9(7-10(2)14)11-3-4-12-13(8-11)16-6-5-15-12/h3-4,8-9H,5-7H2,1-2H3. The average molecular weight is 220 g/mol. The van der Waals surface area contributed by atoms with E-state index in [4.69, 9.17) is 9.47 Å². The summed E-state index contributed by atoms with van der Waals surface area (Å²) in [6.07, 6.45) is 0.569. The maximum atomic E-state index is 11.1. The minimum absolute atomic E-state index is 0.211. The molecule has 0 amide bonds. The van der Waals surface area contributed by atoms with Gasteiger partial charge in [0.1, 0.15) is 19.0 Å². The van der Waals surface area contributed by atoms with E-state index in [0.29, 0.717) is 19.6 Å². The zero-order valence-corrected chi connectivity index (χ0v) is 9.66. The molecule has 1 atom stereocenters. The van der Waals surface area contributed by atoms with E-state index >= 15 is 0 Å². The van der Waals surface area contributed by atoms with Crippen LogP contribution in [0.25, 0.3) is 0 Å². The lowest BCUT2D eigenvalue weighted by molar-refractivity contribution is -0.117. The molecule has 0 saturated heterocycles. The number of ether oxygens (including phenoxy) is 2. The second-order valence-electron chi connectivity index (χ2n) is 4.21. The smallest absolute Gasteiger partial charge is 0.161 e. The first kappa shape index (κ1) is 11.0. The molecule has 0 radical (unpaired) electrons. The van der Waals surface area contributed by atoms with Gasteiger partial charge in [-0.3, -0.25) is 0 Å². The van der Waals surface area contributed by atoms with Gasteiger partial charge in [0.05, 0.1) is 0 Å². The van der Waals surface area contributed by atoms with Gasteiger partial charge in [0, 0.05) is 6.42 Å². The van der Waals surface area contributed by atoms with Crippen molar-refractivity contribution in [2.45, 2.75) is 26.2 Å². The molecule has 16 heavy (non-hydrogen) atoms. The number of hydrogen-bond acceptors (Lipinski definition) is 3. The van der Waals surface area contributed by atoms with Crippen LogP contribution in [-0.2, 0) is 4.79 Å². The Morgan fingerprint density at radius 2 is 2.00 bits per heavy atom. The third-order valence-electron chi connectivity index (χ3n) is 2.73. The first-order valence-corrected chi connectivity index (χ1v) is 5.56. The predicted molar refractivity (Wildman–Crippen MR) is 61.1 cm³/mol.